The number of piperazine rings is 1. The highest BCUT2D eigenvalue weighted by molar-refractivity contribution is 6.33. The first-order chi connectivity index (χ1) is 15.1. The maximum atomic E-state index is 12.7. The van der Waals surface area contributed by atoms with Crippen molar-refractivity contribution in [2.24, 2.45) is 0 Å². The van der Waals surface area contributed by atoms with Gasteiger partial charge in [0, 0.05) is 26.2 Å². The molecule has 0 spiro atoms. The van der Waals surface area contributed by atoms with Crippen LogP contribution in [-0.2, 0) is 11.2 Å². The number of nitrogens with one attached hydrogen (secondary N) is 1. The van der Waals surface area contributed by atoms with E-state index in [4.69, 9.17) is 11.6 Å². The molecule has 158 valence electrons. The Hall–Kier alpha value is -3.38. The number of halogens is 1. The van der Waals surface area contributed by atoms with E-state index in [0.29, 0.717) is 48.9 Å². The molecule has 1 aliphatic rings. The summed E-state index contributed by atoms with van der Waals surface area (Å²) in [6.45, 7) is 2.56. The van der Waals surface area contributed by atoms with Gasteiger partial charge in [-0.05, 0) is 29.8 Å². The largest absolute Gasteiger partial charge is 0.353 e. The van der Waals surface area contributed by atoms with Crippen LogP contribution >= 0.6 is 11.6 Å². The predicted molar refractivity (Wildman–Crippen MR) is 123 cm³/mol. The summed E-state index contributed by atoms with van der Waals surface area (Å²) in [5, 5.41) is 3.35. The number of nitrogens with zero attached hydrogens (tertiary/aromatic N) is 3. The third-order valence-corrected chi connectivity index (χ3v) is 5.56. The minimum Gasteiger partial charge on any atom is -0.353 e. The van der Waals surface area contributed by atoms with Crippen molar-refractivity contribution < 1.29 is 9.59 Å². The Bertz CT molecular complexity index is 1050. The molecule has 2 amide bonds. The second kappa shape index (κ2) is 9.62. The van der Waals surface area contributed by atoms with Crippen LogP contribution in [0.15, 0.2) is 72.9 Å². The van der Waals surface area contributed by atoms with Gasteiger partial charge in [0.1, 0.15) is 5.82 Å². The Balaban J connectivity index is 1.30. The fraction of sp³-hybridized carbons (Fsp3) is 0.208. The Morgan fingerprint density at radius 3 is 2.29 bits per heavy atom. The van der Waals surface area contributed by atoms with Crippen LogP contribution in [0, 0.1) is 0 Å². The van der Waals surface area contributed by atoms with Crippen molar-refractivity contribution in [2.75, 3.05) is 36.4 Å². The highest BCUT2D eigenvalue weighted by Gasteiger charge is 2.24. The Kier molecular flexibility index (Phi) is 6.48. The van der Waals surface area contributed by atoms with Gasteiger partial charge in [-0.25, -0.2) is 4.98 Å². The molecule has 0 unspecified atom stereocenters. The van der Waals surface area contributed by atoms with Crippen LogP contribution in [0.5, 0.6) is 0 Å². The molecule has 0 saturated carbocycles. The van der Waals surface area contributed by atoms with Gasteiger partial charge in [0.25, 0.3) is 5.91 Å². The van der Waals surface area contributed by atoms with Gasteiger partial charge in [0.15, 0.2) is 0 Å². The summed E-state index contributed by atoms with van der Waals surface area (Å²) in [6, 6.07) is 20.5. The van der Waals surface area contributed by atoms with E-state index in [1.165, 1.54) is 0 Å². The minimum atomic E-state index is -0.0764. The van der Waals surface area contributed by atoms with Crippen LogP contribution in [0.1, 0.15) is 15.9 Å². The Labute approximate surface area is 186 Å². The van der Waals surface area contributed by atoms with Crippen LogP contribution < -0.4 is 10.2 Å². The molecule has 1 saturated heterocycles. The van der Waals surface area contributed by atoms with Crippen LogP contribution in [0.3, 0.4) is 0 Å². The number of rotatable bonds is 5. The molecule has 1 aliphatic heterocycles. The number of hydrogen-bond donors (Lipinski definition) is 1. The zero-order chi connectivity index (χ0) is 21.6. The zero-order valence-electron chi connectivity index (χ0n) is 17.0. The zero-order valence-corrected chi connectivity index (χ0v) is 17.8. The summed E-state index contributed by atoms with van der Waals surface area (Å²) in [5.74, 6) is 0.702. The number of benzene rings is 2. The van der Waals surface area contributed by atoms with E-state index >= 15 is 0 Å². The monoisotopic (exact) mass is 434 g/mol. The van der Waals surface area contributed by atoms with Crippen molar-refractivity contribution in [3.63, 3.8) is 0 Å². The number of carbonyl (C=O) groups is 2. The molecular weight excluding hydrogens is 412 g/mol. The predicted octanol–water partition coefficient (Wildman–Crippen LogP) is 3.88. The molecule has 1 fully saturated rings. The molecule has 4 rings (SSSR count). The first-order valence-electron chi connectivity index (χ1n) is 10.2. The summed E-state index contributed by atoms with van der Waals surface area (Å²) in [4.78, 5) is 33.4. The Morgan fingerprint density at radius 1 is 0.903 bits per heavy atom. The lowest BCUT2D eigenvalue weighted by atomic mass is 10.1. The fourth-order valence-corrected chi connectivity index (χ4v) is 3.79. The number of anilines is 2. The van der Waals surface area contributed by atoms with E-state index < -0.39 is 0 Å². The SMILES string of the molecule is O=C(Cc1ccccc1)Nc1ccc(N2CCN(C(=O)c3ccccc3Cl)CC2)nc1. The van der Waals surface area contributed by atoms with Gasteiger partial charge in [-0.2, -0.15) is 0 Å². The van der Waals surface area contributed by atoms with Crippen molar-refractivity contribution in [1.82, 2.24) is 9.88 Å². The van der Waals surface area contributed by atoms with Gasteiger partial charge >= 0.3 is 0 Å². The number of amides is 2. The van der Waals surface area contributed by atoms with Crippen LogP contribution in [0.25, 0.3) is 0 Å². The smallest absolute Gasteiger partial charge is 0.255 e. The van der Waals surface area contributed by atoms with E-state index in [1.54, 1.807) is 18.3 Å². The molecule has 0 bridgehead atoms. The number of pyridine rings is 1. The molecule has 31 heavy (non-hydrogen) atoms. The Morgan fingerprint density at radius 2 is 1.61 bits per heavy atom. The maximum absolute atomic E-state index is 12.7. The van der Waals surface area contributed by atoms with Crippen molar-refractivity contribution in [3.8, 4) is 0 Å². The molecule has 6 nitrogen and oxygen atoms in total. The molecule has 2 heterocycles. The number of carbonyl (C=O) groups excluding carboxylic acids is 2. The topological polar surface area (TPSA) is 65.5 Å². The quantitative estimate of drug-likeness (QED) is 0.661. The van der Waals surface area contributed by atoms with Crippen LogP contribution in [-0.4, -0.2) is 47.9 Å². The van der Waals surface area contributed by atoms with E-state index in [-0.39, 0.29) is 11.8 Å². The van der Waals surface area contributed by atoms with Gasteiger partial charge in [0.2, 0.25) is 5.91 Å². The summed E-state index contributed by atoms with van der Waals surface area (Å²) < 4.78 is 0. The van der Waals surface area contributed by atoms with Gasteiger partial charge in [-0.1, -0.05) is 54.1 Å². The molecule has 0 radical (unpaired) electrons. The molecule has 7 heteroatoms. The average molecular weight is 435 g/mol. The van der Waals surface area contributed by atoms with Crippen molar-refractivity contribution in [3.05, 3.63) is 89.1 Å². The summed E-state index contributed by atoms with van der Waals surface area (Å²) in [6.07, 6.45) is 1.99. The van der Waals surface area contributed by atoms with E-state index in [0.717, 1.165) is 11.4 Å². The van der Waals surface area contributed by atoms with Crippen LogP contribution in [0.2, 0.25) is 5.02 Å². The normalized spacial score (nSPS) is 13.7. The lowest BCUT2D eigenvalue weighted by Crippen LogP contribution is -2.49. The summed E-state index contributed by atoms with van der Waals surface area (Å²) in [7, 11) is 0. The number of aromatic nitrogens is 1. The lowest BCUT2D eigenvalue weighted by Gasteiger charge is -2.35. The van der Waals surface area contributed by atoms with Gasteiger partial charge in [0.05, 0.1) is 28.9 Å². The summed E-state index contributed by atoms with van der Waals surface area (Å²) >= 11 is 6.16. The van der Waals surface area contributed by atoms with Gasteiger partial charge < -0.3 is 15.1 Å². The molecule has 3 aromatic rings. The average Bonchev–Trinajstić information content (AvgIpc) is 2.80. The standard InChI is InChI=1S/C24H23ClN4O2/c25-21-9-5-4-8-20(21)24(31)29-14-12-28(13-15-29)22-11-10-19(17-26-22)27-23(30)16-18-6-2-1-3-7-18/h1-11,17H,12-16H2,(H,27,30). The van der Waals surface area contributed by atoms with Gasteiger partial charge in [-0.15, -0.1) is 0 Å². The van der Waals surface area contributed by atoms with E-state index in [2.05, 4.69) is 15.2 Å². The molecule has 1 N–H and O–H groups in total. The molecular formula is C24H23ClN4O2. The van der Waals surface area contributed by atoms with Gasteiger partial charge in [-0.3, -0.25) is 9.59 Å². The van der Waals surface area contributed by atoms with Crippen molar-refractivity contribution in [1.29, 1.82) is 0 Å². The first-order valence-corrected chi connectivity index (χ1v) is 10.6. The third kappa shape index (κ3) is 5.22. The lowest BCUT2D eigenvalue weighted by molar-refractivity contribution is -0.115. The van der Waals surface area contributed by atoms with Crippen molar-refractivity contribution >= 4 is 34.9 Å². The molecule has 0 atom stereocenters. The minimum absolute atomic E-state index is 0.0466. The number of hydrogen-bond acceptors (Lipinski definition) is 4. The highest BCUT2D eigenvalue weighted by atomic mass is 35.5. The molecule has 1 aromatic heterocycles. The van der Waals surface area contributed by atoms with E-state index in [9.17, 15) is 9.59 Å². The first kappa shape index (κ1) is 20.9. The van der Waals surface area contributed by atoms with Crippen molar-refractivity contribution in [2.45, 2.75) is 6.42 Å². The highest BCUT2D eigenvalue weighted by Crippen LogP contribution is 2.20. The molecule has 0 aliphatic carbocycles. The molecule has 2 aromatic carbocycles. The third-order valence-electron chi connectivity index (χ3n) is 5.23. The second-order valence-electron chi connectivity index (χ2n) is 7.37. The fourth-order valence-electron chi connectivity index (χ4n) is 3.58. The summed E-state index contributed by atoms with van der Waals surface area (Å²) in [5.41, 5.74) is 2.16. The maximum Gasteiger partial charge on any atom is 0.255 e. The van der Waals surface area contributed by atoms with E-state index in [1.807, 2.05) is 59.5 Å². The van der Waals surface area contributed by atoms with Crippen LogP contribution in [0.4, 0.5) is 11.5 Å². The second-order valence-corrected chi connectivity index (χ2v) is 7.78.